The highest BCUT2D eigenvalue weighted by molar-refractivity contribution is 9.10. The van der Waals surface area contributed by atoms with Gasteiger partial charge in [-0.05, 0) is 25.5 Å². The zero-order valence-electron chi connectivity index (χ0n) is 10.4. The van der Waals surface area contributed by atoms with Crippen molar-refractivity contribution >= 4 is 21.6 Å². The molecule has 0 heterocycles. The van der Waals surface area contributed by atoms with Crippen LogP contribution < -0.4 is 5.32 Å². The third kappa shape index (κ3) is 3.76. The van der Waals surface area contributed by atoms with Gasteiger partial charge in [0, 0.05) is 28.2 Å². The average Bonchev–Trinajstić information content (AvgIpc) is 2.36. The molecular formula is C12H17BrN2O3. The molecule has 0 aromatic heterocycles. The van der Waals surface area contributed by atoms with Crippen LogP contribution in [0.5, 0.6) is 0 Å². The molecule has 0 bridgehead atoms. The van der Waals surface area contributed by atoms with Crippen LogP contribution in [0.15, 0.2) is 22.7 Å². The monoisotopic (exact) mass is 316 g/mol. The van der Waals surface area contributed by atoms with E-state index in [0.29, 0.717) is 16.6 Å². The van der Waals surface area contributed by atoms with Crippen molar-refractivity contribution in [2.24, 2.45) is 0 Å². The number of nitrogens with one attached hydrogen (secondary N) is 1. The van der Waals surface area contributed by atoms with Gasteiger partial charge in [0.15, 0.2) is 0 Å². The van der Waals surface area contributed by atoms with E-state index in [0.717, 1.165) is 6.42 Å². The van der Waals surface area contributed by atoms with Gasteiger partial charge in [-0.3, -0.25) is 10.1 Å². The molecule has 1 rings (SSSR count). The number of hydrogen-bond acceptors (Lipinski definition) is 4. The quantitative estimate of drug-likeness (QED) is 0.625. The number of aliphatic hydroxyl groups is 1. The number of halogens is 1. The van der Waals surface area contributed by atoms with Crippen molar-refractivity contribution in [3.8, 4) is 0 Å². The molecule has 0 aliphatic heterocycles. The molecular weight excluding hydrogens is 300 g/mol. The highest BCUT2D eigenvalue weighted by Gasteiger charge is 2.22. The minimum atomic E-state index is -0.416. The maximum Gasteiger partial charge on any atom is 0.275 e. The second-order valence-corrected chi connectivity index (χ2v) is 5.37. The van der Waals surface area contributed by atoms with E-state index >= 15 is 0 Å². The van der Waals surface area contributed by atoms with Crippen LogP contribution >= 0.6 is 15.9 Å². The van der Waals surface area contributed by atoms with Crippen LogP contribution in [0, 0.1) is 10.1 Å². The molecule has 5 nitrogen and oxygen atoms in total. The summed E-state index contributed by atoms with van der Waals surface area (Å²) in [5, 5.41) is 23.4. The van der Waals surface area contributed by atoms with Gasteiger partial charge in [-0.2, -0.15) is 0 Å². The smallest absolute Gasteiger partial charge is 0.275 e. The SMILES string of the molecule is CCC(C)(CO)NCc1ccc(Br)cc1[N+](=O)[O-]. The molecule has 18 heavy (non-hydrogen) atoms. The van der Waals surface area contributed by atoms with E-state index in [9.17, 15) is 15.2 Å². The Morgan fingerprint density at radius 3 is 2.72 bits per heavy atom. The number of nitro groups is 1. The zero-order valence-corrected chi connectivity index (χ0v) is 12.0. The van der Waals surface area contributed by atoms with Crippen molar-refractivity contribution < 1.29 is 10.0 Å². The standard InChI is InChI=1S/C12H17BrN2O3/c1-3-12(2,8-16)14-7-9-4-5-10(13)6-11(9)15(17)18/h4-6,14,16H,3,7-8H2,1-2H3. The fourth-order valence-electron chi connectivity index (χ4n) is 1.46. The number of hydrogen-bond donors (Lipinski definition) is 2. The molecule has 0 radical (unpaired) electrons. The van der Waals surface area contributed by atoms with Crippen molar-refractivity contribution in [2.75, 3.05) is 6.61 Å². The van der Waals surface area contributed by atoms with Gasteiger partial charge in [-0.15, -0.1) is 0 Å². The van der Waals surface area contributed by atoms with Gasteiger partial charge >= 0.3 is 0 Å². The molecule has 0 amide bonds. The molecule has 1 atom stereocenters. The lowest BCUT2D eigenvalue weighted by Crippen LogP contribution is -2.44. The summed E-state index contributed by atoms with van der Waals surface area (Å²) in [5.74, 6) is 0. The zero-order chi connectivity index (χ0) is 13.8. The Hall–Kier alpha value is -0.980. The number of aliphatic hydroxyl groups excluding tert-OH is 1. The summed E-state index contributed by atoms with van der Waals surface area (Å²) >= 11 is 3.22. The average molecular weight is 317 g/mol. The Labute approximate surface area is 114 Å². The molecule has 0 aliphatic rings. The molecule has 0 aliphatic carbocycles. The van der Waals surface area contributed by atoms with E-state index in [2.05, 4.69) is 21.2 Å². The van der Waals surface area contributed by atoms with E-state index in [1.165, 1.54) is 6.07 Å². The lowest BCUT2D eigenvalue weighted by atomic mass is 9.99. The molecule has 0 saturated heterocycles. The van der Waals surface area contributed by atoms with Gasteiger partial charge in [0.05, 0.1) is 11.5 Å². The first kappa shape index (κ1) is 15.1. The lowest BCUT2D eigenvalue weighted by molar-refractivity contribution is -0.385. The fourth-order valence-corrected chi connectivity index (χ4v) is 1.81. The van der Waals surface area contributed by atoms with Crippen molar-refractivity contribution in [1.82, 2.24) is 5.32 Å². The summed E-state index contributed by atoms with van der Waals surface area (Å²) in [6.45, 7) is 4.19. The molecule has 0 spiro atoms. The van der Waals surface area contributed by atoms with E-state index in [4.69, 9.17) is 0 Å². The summed E-state index contributed by atoms with van der Waals surface area (Å²) < 4.78 is 0.679. The second-order valence-electron chi connectivity index (χ2n) is 4.46. The van der Waals surface area contributed by atoms with Crippen LogP contribution in [0.25, 0.3) is 0 Å². The fraction of sp³-hybridized carbons (Fsp3) is 0.500. The minimum absolute atomic E-state index is 0.00613. The van der Waals surface area contributed by atoms with Crippen LogP contribution in [0.4, 0.5) is 5.69 Å². The Bertz CT molecular complexity index is 433. The first-order valence-electron chi connectivity index (χ1n) is 5.70. The number of nitrogens with zero attached hydrogens (tertiary/aromatic N) is 1. The third-order valence-electron chi connectivity index (χ3n) is 3.08. The Balaban J connectivity index is 2.88. The van der Waals surface area contributed by atoms with Crippen molar-refractivity contribution in [3.05, 3.63) is 38.3 Å². The third-order valence-corrected chi connectivity index (χ3v) is 3.57. The Morgan fingerprint density at radius 1 is 1.56 bits per heavy atom. The molecule has 6 heteroatoms. The van der Waals surface area contributed by atoms with Crippen molar-refractivity contribution in [2.45, 2.75) is 32.4 Å². The number of nitro benzene ring substituents is 1. The van der Waals surface area contributed by atoms with Crippen molar-refractivity contribution in [3.63, 3.8) is 0 Å². The maximum absolute atomic E-state index is 10.9. The van der Waals surface area contributed by atoms with E-state index in [1.54, 1.807) is 12.1 Å². The molecule has 0 saturated carbocycles. The van der Waals surface area contributed by atoms with E-state index in [1.807, 2.05) is 13.8 Å². The molecule has 1 aromatic carbocycles. The summed E-state index contributed by atoms with van der Waals surface area (Å²) in [6.07, 6.45) is 0.744. The summed E-state index contributed by atoms with van der Waals surface area (Å²) in [6, 6.07) is 4.97. The maximum atomic E-state index is 10.9. The lowest BCUT2D eigenvalue weighted by Gasteiger charge is -2.27. The Kier molecular flexibility index (Phi) is 5.25. The van der Waals surface area contributed by atoms with Crippen molar-refractivity contribution in [1.29, 1.82) is 0 Å². The number of benzene rings is 1. The summed E-state index contributed by atoms with van der Waals surface area (Å²) in [4.78, 5) is 10.5. The van der Waals surface area contributed by atoms with Crippen LogP contribution in [0.2, 0.25) is 0 Å². The molecule has 2 N–H and O–H groups in total. The van der Waals surface area contributed by atoms with E-state index in [-0.39, 0.29) is 12.3 Å². The molecule has 1 unspecified atom stereocenters. The van der Waals surface area contributed by atoms with Gasteiger partial charge < -0.3 is 10.4 Å². The Morgan fingerprint density at radius 2 is 2.22 bits per heavy atom. The first-order chi connectivity index (χ1) is 8.41. The summed E-state index contributed by atoms with van der Waals surface area (Å²) in [5.41, 5.74) is 0.269. The minimum Gasteiger partial charge on any atom is -0.394 e. The highest BCUT2D eigenvalue weighted by atomic mass is 79.9. The molecule has 100 valence electrons. The van der Waals surface area contributed by atoms with Crippen LogP contribution in [-0.2, 0) is 6.54 Å². The summed E-state index contributed by atoms with van der Waals surface area (Å²) in [7, 11) is 0. The predicted octanol–water partition coefficient (Wildman–Crippen LogP) is 2.61. The van der Waals surface area contributed by atoms with Gasteiger partial charge in [-0.1, -0.05) is 22.9 Å². The van der Waals surface area contributed by atoms with Gasteiger partial charge in [0.2, 0.25) is 0 Å². The highest BCUT2D eigenvalue weighted by Crippen LogP contribution is 2.24. The first-order valence-corrected chi connectivity index (χ1v) is 6.50. The van der Waals surface area contributed by atoms with Gasteiger partial charge in [0.1, 0.15) is 0 Å². The second kappa shape index (κ2) is 6.26. The predicted molar refractivity (Wildman–Crippen MR) is 73.4 cm³/mol. The topological polar surface area (TPSA) is 75.4 Å². The molecule has 1 aromatic rings. The van der Waals surface area contributed by atoms with Crippen LogP contribution in [0.1, 0.15) is 25.8 Å². The normalized spacial score (nSPS) is 14.2. The van der Waals surface area contributed by atoms with Gasteiger partial charge in [0.25, 0.3) is 5.69 Å². The van der Waals surface area contributed by atoms with Gasteiger partial charge in [-0.25, -0.2) is 0 Å². The number of rotatable bonds is 6. The van der Waals surface area contributed by atoms with Crippen LogP contribution in [0.3, 0.4) is 0 Å². The van der Waals surface area contributed by atoms with E-state index < -0.39 is 10.5 Å². The molecule has 0 fully saturated rings. The van der Waals surface area contributed by atoms with Crippen LogP contribution in [-0.4, -0.2) is 22.2 Å². The largest absolute Gasteiger partial charge is 0.394 e.